The number of hydrogen-bond donors (Lipinski definition) is 1. The average molecular weight is 319 g/mol. The van der Waals surface area contributed by atoms with Crippen LogP contribution in [0.15, 0.2) is 58.8 Å². The quantitative estimate of drug-likeness (QED) is 0.588. The van der Waals surface area contributed by atoms with E-state index in [0.29, 0.717) is 22.7 Å². The van der Waals surface area contributed by atoms with Crippen LogP contribution in [0, 0.1) is 11.3 Å². The fourth-order valence-electron chi connectivity index (χ4n) is 2.27. The molecule has 0 bridgehead atoms. The highest BCUT2D eigenvalue weighted by Crippen LogP contribution is 2.30. The van der Waals surface area contributed by atoms with Crippen molar-refractivity contribution in [1.82, 2.24) is 4.98 Å². The summed E-state index contributed by atoms with van der Waals surface area (Å²) in [6, 6.07) is 12.2. The van der Waals surface area contributed by atoms with Crippen molar-refractivity contribution in [3.63, 3.8) is 0 Å². The highest BCUT2D eigenvalue weighted by atomic mass is 16.5. The maximum atomic E-state index is 12.4. The van der Waals surface area contributed by atoms with E-state index in [1.165, 1.54) is 12.3 Å². The highest BCUT2D eigenvalue weighted by Gasteiger charge is 2.13. The predicted octanol–water partition coefficient (Wildman–Crippen LogP) is 3.38. The lowest BCUT2D eigenvalue weighted by Gasteiger charge is -2.10. The van der Waals surface area contributed by atoms with Gasteiger partial charge in [-0.05, 0) is 36.4 Å². The van der Waals surface area contributed by atoms with Gasteiger partial charge in [0.15, 0.2) is 0 Å². The first-order valence-corrected chi connectivity index (χ1v) is 7.11. The molecule has 3 aromatic rings. The molecule has 3 rings (SSSR count). The van der Waals surface area contributed by atoms with Crippen molar-refractivity contribution in [2.45, 2.75) is 0 Å². The molecule has 1 N–H and O–H groups in total. The molecular weight excluding hydrogens is 306 g/mol. The van der Waals surface area contributed by atoms with E-state index >= 15 is 0 Å². The lowest BCUT2D eigenvalue weighted by atomic mass is 10.1. The number of carbonyl (C=O) groups excluding carboxylic acids is 1. The third-order valence-corrected chi connectivity index (χ3v) is 3.40. The first-order chi connectivity index (χ1) is 11.7. The number of rotatable bonds is 4. The smallest absolute Gasteiger partial charge is 0.266 e. The van der Waals surface area contributed by atoms with Gasteiger partial charge in [-0.3, -0.25) is 9.78 Å². The van der Waals surface area contributed by atoms with Crippen LogP contribution in [-0.2, 0) is 4.79 Å². The Morgan fingerprint density at radius 1 is 1.33 bits per heavy atom. The fourth-order valence-corrected chi connectivity index (χ4v) is 2.27. The van der Waals surface area contributed by atoms with Gasteiger partial charge < -0.3 is 14.5 Å². The summed E-state index contributed by atoms with van der Waals surface area (Å²) in [6.45, 7) is 0. The predicted molar refractivity (Wildman–Crippen MR) is 89.2 cm³/mol. The summed E-state index contributed by atoms with van der Waals surface area (Å²) in [5.74, 6) is 0.516. The summed E-state index contributed by atoms with van der Waals surface area (Å²) in [4.78, 5) is 16.6. The summed E-state index contributed by atoms with van der Waals surface area (Å²) in [6.07, 6.45) is 4.51. The lowest BCUT2D eigenvalue weighted by Crippen LogP contribution is -2.13. The molecule has 0 aliphatic heterocycles. The second-order valence-corrected chi connectivity index (χ2v) is 4.85. The van der Waals surface area contributed by atoms with Gasteiger partial charge in [0.1, 0.15) is 28.7 Å². The second kappa shape index (κ2) is 6.67. The summed E-state index contributed by atoms with van der Waals surface area (Å²) in [5.41, 5.74) is 1.12. The maximum absolute atomic E-state index is 12.4. The van der Waals surface area contributed by atoms with Crippen molar-refractivity contribution in [3.8, 4) is 11.8 Å². The van der Waals surface area contributed by atoms with Crippen LogP contribution in [0.4, 0.5) is 5.69 Å². The zero-order chi connectivity index (χ0) is 16.9. The molecule has 6 nitrogen and oxygen atoms in total. The van der Waals surface area contributed by atoms with E-state index in [0.717, 1.165) is 5.39 Å². The number of amides is 1. The molecule has 24 heavy (non-hydrogen) atoms. The van der Waals surface area contributed by atoms with Gasteiger partial charge in [0, 0.05) is 17.7 Å². The minimum Gasteiger partial charge on any atom is -0.494 e. The number of benzene rings is 1. The number of nitrogens with one attached hydrogen (secondary N) is 1. The monoisotopic (exact) mass is 319 g/mol. The molecule has 0 saturated heterocycles. The molecule has 0 fully saturated rings. The molecule has 0 spiro atoms. The number of furan rings is 1. The summed E-state index contributed by atoms with van der Waals surface area (Å²) >= 11 is 0. The van der Waals surface area contributed by atoms with Gasteiger partial charge in [0.25, 0.3) is 5.91 Å². The number of hydrogen-bond acceptors (Lipinski definition) is 5. The van der Waals surface area contributed by atoms with Crippen LogP contribution in [-0.4, -0.2) is 18.0 Å². The Morgan fingerprint density at radius 2 is 2.21 bits per heavy atom. The van der Waals surface area contributed by atoms with Gasteiger partial charge in [-0.2, -0.15) is 5.26 Å². The molecular formula is C18H13N3O3. The number of aromatic nitrogens is 1. The van der Waals surface area contributed by atoms with Gasteiger partial charge in [0.05, 0.1) is 19.1 Å². The Hall–Kier alpha value is -3.59. The van der Waals surface area contributed by atoms with Crippen LogP contribution in [0.5, 0.6) is 5.75 Å². The van der Waals surface area contributed by atoms with Gasteiger partial charge in [-0.15, -0.1) is 0 Å². The number of nitriles is 1. The zero-order valence-electron chi connectivity index (χ0n) is 12.8. The minimum absolute atomic E-state index is 0.0576. The van der Waals surface area contributed by atoms with Crippen LogP contribution in [0.2, 0.25) is 0 Å². The maximum Gasteiger partial charge on any atom is 0.266 e. The van der Waals surface area contributed by atoms with E-state index in [-0.39, 0.29) is 5.57 Å². The summed E-state index contributed by atoms with van der Waals surface area (Å²) < 4.78 is 10.4. The van der Waals surface area contributed by atoms with Crippen molar-refractivity contribution in [2.75, 3.05) is 12.4 Å². The number of methoxy groups -OCH3 is 1. The van der Waals surface area contributed by atoms with E-state index in [1.54, 1.807) is 43.6 Å². The number of carbonyl (C=O) groups is 1. The summed E-state index contributed by atoms with van der Waals surface area (Å²) in [7, 11) is 1.56. The van der Waals surface area contributed by atoms with Gasteiger partial charge >= 0.3 is 0 Å². The number of ether oxygens (including phenoxy) is 1. The molecule has 1 aromatic carbocycles. The Kier molecular flexibility index (Phi) is 4.25. The van der Waals surface area contributed by atoms with E-state index in [4.69, 9.17) is 9.15 Å². The summed E-state index contributed by atoms with van der Waals surface area (Å²) in [5, 5.41) is 12.7. The number of pyridine rings is 1. The molecule has 118 valence electrons. The molecule has 0 radical (unpaired) electrons. The van der Waals surface area contributed by atoms with Gasteiger partial charge in [0.2, 0.25) is 0 Å². The standard InChI is InChI=1S/C18H13N3O3/c1-23-16-7-6-15(14-5-2-8-20-17(14)16)21-18(22)12(11-19)10-13-4-3-9-24-13/h2-10H,1H3,(H,21,22)/b12-10+. The average Bonchev–Trinajstić information content (AvgIpc) is 3.13. The Labute approximate surface area is 138 Å². The number of nitrogens with zero attached hydrogens (tertiary/aromatic N) is 2. The topological polar surface area (TPSA) is 88.1 Å². The number of fused-ring (bicyclic) bond motifs is 1. The van der Waals surface area contributed by atoms with Crippen LogP contribution in [0.1, 0.15) is 5.76 Å². The van der Waals surface area contributed by atoms with E-state index < -0.39 is 5.91 Å². The molecule has 0 aliphatic carbocycles. The molecule has 0 atom stereocenters. The Balaban J connectivity index is 1.95. The normalized spacial score (nSPS) is 11.1. The molecule has 0 saturated carbocycles. The Bertz CT molecular complexity index is 953. The first-order valence-electron chi connectivity index (χ1n) is 7.11. The largest absolute Gasteiger partial charge is 0.494 e. The molecule has 2 heterocycles. The minimum atomic E-state index is -0.524. The van der Waals surface area contributed by atoms with Crippen molar-refractivity contribution in [2.24, 2.45) is 0 Å². The molecule has 1 amide bonds. The molecule has 6 heteroatoms. The first kappa shape index (κ1) is 15.3. The highest BCUT2D eigenvalue weighted by molar-refractivity contribution is 6.12. The third kappa shape index (κ3) is 2.96. The molecule has 2 aromatic heterocycles. The van der Waals surface area contributed by atoms with Crippen LogP contribution >= 0.6 is 0 Å². The fraction of sp³-hybridized carbons (Fsp3) is 0.0556. The second-order valence-electron chi connectivity index (χ2n) is 4.85. The molecule has 0 unspecified atom stereocenters. The van der Waals surface area contributed by atoms with Gasteiger partial charge in [-0.25, -0.2) is 0 Å². The van der Waals surface area contributed by atoms with E-state index in [9.17, 15) is 10.1 Å². The van der Waals surface area contributed by atoms with Crippen LogP contribution in [0.3, 0.4) is 0 Å². The lowest BCUT2D eigenvalue weighted by molar-refractivity contribution is -0.112. The van der Waals surface area contributed by atoms with Crippen molar-refractivity contribution < 1.29 is 13.9 Å². The van der Waals surface area contributed by atoms with Crippen molar-refractivity contribution in [3.05, 3.63) is 60.2 Å². The Morgan fingerprint density at radius 3 is 2.92 bits per heavy atom. The van der Waals surface area contributed by atoms with Crippen LogP contribution in [0.25, 0.3) is 17.0 Å². The van der Waals surface area contributed by atoms with Crippen LogP contribution < -0.4 is 10.1 Å². The molecule has 0 aliphatic rings. The number of anilines is 1. The van der Waals surface area contributed by atoms with Crippen molar-refractivity contribution >= 4 is 28.6 Å². The van der Waals surface area contributed by atoms with Gasteiger partial charge in [-0.1, -0.05) is 0 Å². The van der Waals surface area contributed by atoms with Crippen molar-refractivity contribution in [1.29, 1.82) is 5.26 Å². The SMILES string of the molecule is COc1ccc(NC(=O)/C(C#N)=C/c2ccco2)c2cccnc12. The zero-order valence-corrected chi connectivity index (χ0v) is 12.8. The van der Waals surface area contributed by atoms with E-state index in [1.807, 2.05) is 12.1 Å². The van der Waals surface area contributed by atoms with E-state index in [2.05, 4.69) is 10.3 Å². The third-order valence-electron chi connectivity index (χ3n) is 3.40.